The summed E-state index contributed by atoms with van der Waals surface area (Å²) in [6.45, 7) is 0. The largest absolute Gasteiger partial charge is 0.511 e. The molecule has 1 amide bonds. The third-order valence-electron chi connectivity index (χ3n) is 6.30. The van der Waals surface area contributed by atoms with Crippen molar-refractivity contribution in [3.8, 4) is 5.75 Å². The molecule has 0 fully saturated rings. The van der Waals surface area contributed by atoms with E-state index in [4.69, 9.17) is 5.73 Å². The maximum absolute atomic E-state index is 13.4. The fraction of sp³-hybridized carbons (Fsp3) is 0.381. The smallest absolute Gasteiger partial charge is 0.255 e. The number of halogens is 1. The number of carbonyl (C=O) groups is 3. The molecule has 3 atom stereocenters. The Morgan fingerprint density at radius 3 is 2.47 bits per heavy atom. The zero-order chi connectivity index (χ0) is 22.1. The first-order chi connectivity index (χ1) is 14.0. The van der Waals surface area contributed by atoms with Gasteiger partial charge in [0.25, 0.3) is 5.91 Å². The number of amides is 1. The Balaban J connectivity index is 1.89. The molecule has 9 heteroatoms. The van der Waals surface area contributed by atoms with E-state index in [1.165, 1.54) is 0 Å². The second-order valence-electron chi connectivity index (χ2n) is 8.23. The summed E-state index contributed by atoms with van der Waals surface area (Å²) in [4.78, 5) is 39.7. The van der Waals surface area contributed by atoms with Crippen LogP contribution in [0.25, 0.3) is 0 Å². The number of carbonyl (C=O) groups excluding carboxylic acids is 3. The number of Topliss-reactive ketones (excluding diaryl/α,β-unsaturated/α-hetero) is 2. The predicted molar refractivity (Wildman–Crippen MR) is 116 cm³/mol. The molecule has 0 heterocycles. The summed E-state index contributed by atoms with van der Waals surface area (Å²) in [6, 6.07) is 1.81. The van der Waals surface area contributed by atoms with E-state index >= 15 is 0 Å². The van der Waals surface area contributed by atoms with Crippen molar-refractivity contribution in [1.82, 2.24) is 0 Å². The van der Waals surface area contributed by atoms with Crippen LogP contribution in [0.2, 0.25) is 0 Å². The number of anilines is 1. The number of nitrogens with zero attached hydrogens (tertiary/aromatic N) is 1. The quantitative estimate of drug-likeness (QED) is 0.343. The van der Waals surface area contributed by atoms with Crippen molar-refractivity contribution in [3.05, 3.63) is 43.4 Å². The fourth-order valence-corrected chi connectivity index (χ4v) is 5.62. The monoisotopic (exact) mass is 524 g/mol. The highest BCUT2D eigenvalue weighted by atomic mass is 127. The molecule has 1 aromatic rings. The van der Waals surface area contributed by atoms with Gasteiger partial charge in [0, 0.05) is 31.8 Å². The molecule has 0 radical (unpaired) electrons. The number of hydrogen-bond acceptors (Lipinski definition) is 7. The molecule has 3 aliphatic rings. The summed E-state index contributed by atoms with van der Waals surface area (Å²) in [5.74, 6) is -5.13. The molecule has 8 nitrogen and oxygen atoms in total. The molecule has 0 saturated heterocycles. The molecule has 0 bridgehead atoms. The number of aliphatic hydroxyl groups excluding tert-OH is 2. The Bertz CT molecular complexity index is 1090. The van der Waals surface area contributed by atoms with Gasteiger partial charge in [-0.2, -0.15) is 0 Å². The standard InChI is InChI=1S/C21H21IN2O6/c1-24(2)11-6-10(22)17(26)15-9(11)4-7-3-8-5-12(25)16(21(23)30)20(29)14(8)18(27)13(7)19(15)28/h6-8,14,25-27H,3-5H2,1-2H3,(H2,23,30)/t7-,8+,14?/m1/s1. The molecule has 3 aliphatic carbocycles. The van der Waals surface area contributed by atoms with E-state index in [9.17, 15) is 29.7 Å². The maximum atomic E-state index is 13.4. The molecule has 0 spiro atoms. The highest BCUT2D eigenvalue weighted by molar-refractivity contribution is 14.1. The van der Waals surface area contributed by atoms with Crippen LogP contribution in [0.15, 0.2) is 28.7 Å². The first-order valence-electron chi connectivity index (χ1n) is 9.50. The number of primary amides is 1. The zero-order valence-electron chi connectivity index (χ0n) is 16.4. The van der Waals surface area contributed by atoms with E-state index in [-0.39, 0.29) is 40.7 Å². The Hall–Kier alpha value is -2.56. The molecule has 5 N–H and O–H groups in total. The molecular formula is C21H21IN2O6. The molecule has 0 aliphatic heterocycles. The summed E-state index contributed by atoms with van der Waals surface area (Å²) in [5, 5.41) is 31.8. The minimum Gasteiger partial charge on any atom is -0.511 e. The number of phenols is 1. The molecule has 0 saturated carbocycles. The molecule has 0 aromatic heterocycles. The van der Waals surface area contributed by atoms with Crippen LogP contribution in [0.4, 0.5) is 5.69 Å². The summed E-state index contributed by atoms with van der Waals surface area (Å²) < 4.78 is 0.508. The first kappa shape index (κ1) is 20.7. The van der Waals surface area contributed by atoms with Gasteiger partial charge in [0.05, 0.1) is 15.1 Å². The van der Waals surface area contributed by atoms with Crippen LogP contribution in [0.5, 0.6) is 5.75 Å². The van der Waals surface area contributed by atoms with Crippen LogP contribution in [0.3, 0.4) is 0 Å². The van der Waals surface area contributed by atoms with Crippen molar-refractivity contribution in [3.63, 3.8) is 0 Å². The number of fused-ring (bicyclic) bond motifs is 3. The molecule has 1 aromatic carbocycles. The Morgan fingerprint density at radius 2 is 1.87 bits per heavy atom. The lowest BCUT2D eigenvalue weighted by molar-refractivity contribution is -0.126. The number of ketones is 2. The number of hydrogen-bond donors (Lipinski definition) is 4. The summed E-state index contributed by atoms with van der Waals surface area (Å²) in [5.41, 5.74) is 6.46. The third-order valence-corrected chi connectivity index (χ3v) is 7.12. The number of nitrogens with two attached hydrogens (primary N) is 1. The van der Waals surface area contributed by atoms with Gasteiger partial charge < -0.3 is 26.0 Å². The minimum absolute atomic E-state index is 0.0298. The number of rotatable bonds is 2. The summed E-state index contributed by atoms with van der Waals surface area (Å²) in [7, 11) is 3.70. The van der Waals surface area contributed by atoms with Gasteiger partial charge in [-0.3, -0.25) is 14.4 Å². The topological polar surface area (TPSA) is 141 Å². The van der Waals surface area contributed by atoms with Crippen molar-refractivity contribution in [2.24, 2.45) is 23.5 Å². The average molecular weight is 524 g/mol. The normalized spacial score (nSPS) is 25.6. The van der Waals surface area contributed by atoms with E-state index in [1.54, 1.807) is 6.07 Å². The molecule has 158 valence electrons. The van der Waals surface area contributed by atoms with Gasteiger partial charge in [-0.25, -0.2) is 0 Å². The van der Waals surface area contributed by atoms with E-state index in [1.807, 2.05) is 41.6 Å². The van der Waals surface area contributed by atoms with E-state index in [0.29, 0.717) is 22.0 Å². The third kappa shape index (κ3) is 2.82. The SMILES string of the molecule is CN(C)c1cc(I)c(O)c2c1C[C@H]1C[C@H]3CC(O)=C(C(N)=O)C(=O)C3C(O)=C1C2=O. The van der Waals surface area contributed by atoms with Gasteiger partial charge in [0.1, 0.15) is 22.8 Å². The van der Waals surface area contributed by atoms with Crippen LogP contribution >= 0.6 is 22.6 Å². The van der Waals surface area contributed by atoms with E-state index < -0.39 is 34.9 Å². The summed E-state index contributed by atoms with van der Waals surface area (Å²) >= 11 is 1.95. The lowest BCUT2D eigenvalue weighted by Gasteiger charge is -2.41. The van der Waals surface area contributed by atoms with Gasteiger partial charge in [-0.1, -0.05) is 0 Å². The lowest BCUT2D eigenvalue weighted by atomic mass is 9.62. The van der Waals surface area contributed by atoms with Crippen molar-refractivity contribution in [1.29, 1.82) is 0 Å². The highest BCUT2D eigenvalue weighted by Crippen LogP contribution is 2.51. The second-order valence-corrected chi connectivity index (χ2v) is 9.39. The zero-order valence-corrected chi connectivity index (χ0v) is 18.6. The molecule has 1 unspecified atom stereocenters. The van der Waals surface area contributed by atoms with Gasteiger partial charge in [0.2, 0.25) is 0 Å². The van der Waals surface area contributed by atoms with Crippen molar-refractivity contribution in [2.75, 3.05) is 19.0 Å². The van der Waals surface area contributed by atoms with Gasteiger partial charge >= 0.3 is 0 Å². The van der Waals surface area contributed by atoms with Gasteiger partial charge in [-0.05, 0) is 58.9 Å². The van der Waals surface area contributed by atoms with E-state index in [0.717, 1.165) is 5.69 Å². The average Bonchev–Trinajstić information content (AvgIpc) is 2.63. The highest BCUT2D eigenvalue weighted by Gasteiger charge is 2.50. The van der Waals surface area contributed by atoms with Crippen molar-refractivity contribution in [2.45, 2.75) is 19.3 Å². The fourth-order valence-electron chi connectivity index (χ4n) is 5.05. The number of allylic oxidation sites excluding steroid dienone is 3. The predicted octanol–water partition coefficient (Wildman–Crippen LogP) is 2.14. The van der Waals surface area contributed by atoms with Crippen molar-refractivity contribution >= 4 is 45.8 Å². The van der Waals surface area contributed by atoms with Crippen LogP contribution in [-0.2, 0) is 16.0 Å². The van der Waals surface area contributed by atoms with Crippen molar-refractivity contribution < 1.29 is 29.7 Å². The van der Waals surface area contributed by atoms with Crippen LogP contribution in [0, 0.1) is 21.3 Å². The van der Waals surface area contributed by atoms with Crippen LogP contribution in [0.1, 0.15) is 28.8 Å². The minimum atomic E-state index is -1.10. The van der Waals surface area contributed by atoms with E-state index in [2.05, 4.69) is 0 Å². The Morgan fingerprint density at radius 1 is 1.20 bits per heavy atom. The summed E-state index contributed by atoms with van der Waals surface area (Å²) in [6.07, 6.45) is 0.821. The Kier molecular flexibility index (Phi) is 4.83. The van der Waals surface area contributed by atoms with Gasteiger partial charge in [0.15, 0.2) is 11.6 Å². The molecular weight excluding hydrogens is 503 g/mol. The number of phenolic OH excluding ortho intramolecular Hbond substituents is 1. The number of aromatic hydroxyl groups is 1. The van der Waals surface area contributed by atoms with Crippen LogP contribution in [-0.4, -0.2) is 46.9 Å². The maximum Gasteiger partial charge on any atom is 0.255 e. The second kappa shape index (κ2) is 7.00. The Labute approximate surface area is 186 Å². The van der Waals surface area contributed by atoms with Gasteiger partial charge in [-0.15, -0.1) is 0 Å². The number of aliphatic hydroxyl groups is 2. The number of benzene rings is 1. The van der Waals surface area contributed by atoms with Crippen LogP contribution < -0.4 is 10.6 Å². The molecule has 4 rings (SSSR count). The lowest BCUT2D eigenvalue weighted by Crippen LogP contribution is -2.43. The molecule has 30 heavy (non-hydrogen) atoms. The first-order valence-corrected chi connectivity index (χ1v) is 10.6.